The number of unbranched alkanes of at least 4 members (excludes halogenated alkanes) is 1. The maximum absolute atomic E-state index is 14.0. The molecular formula is C38H56N6O4. The molecular weight excluding hydrogens is 604 g/mol. The molecule has 1 saturated carbocycles. The van der Waals surface area contributed by atoms with Crippen LogP contribution in [0.15, 0.2) is 54.6 Å². The number of benzene rings is 2. The number of likely N-dealkylation sites (tertiary alicyclic amines) is 1. The Kier molecular flexibility index (Phi) is 15.1. The van der Waals surface area contributed by atoms with E-state index in [4.69, 9.17) is 11.5 Å². The van der Waals surface area contributed by atoms with Gasteiger partial charge in [0.05, 0.1) is 18.1 Å². The third kappa shape index (κ3) is 11.0. The van der Waals surface area contributed by atoms with Gasteiger partial charge in [0, 0.05) is 18.7 Å². The predicted molar refractivity (Wildman–Crippen MR) is 190 cm³/mol. The maximum atomic E-state index is 14.0. The quantitative estimate of drug-likeness (QED) is 0.152. The Morgan fingerprint density at radius 2 is 1.60 bits per heavy atom. The fraction of sp³-hybridized carbons (Fsp3) is 0.579. The van der Waals surface area contributed by atoms with Crippen molar-refractivity contribution >= 4 is 29.2 Å². The molecule has 4 atom stereocenters. The number of nitrogens with zero attached hydrogens (tertiary/aromatic N) is 1. The Morgan fingerprint density at radius 1 is 0.875 bits per heavy atom. The standard InChI is InChI=1S/C38H56N6O4/c1-41-33(26-28-15-6-3-7-16-28)37(47)43-32(19-10-11-23-39)38(48)44-24-12-20-34(44)35(45)22-21-29-17-8-9-18-31(29)42-36(46)30(40)25-27-13-4-2-5-14-27/h3,6-9,15-18,27,30,32-34,41H,2,4-5,10-14,19-26,39-40H2,1H3,(H,42,46)(H,43,47)/t30-,32+,33+,34+/m1/s1. The number of aryl methyl sites for hydroxylation is 1. The number of amides is 3. The van der Waals surface area contributed by atoms with E-state index in [1.807, 2.05) is 54.6 Å². The van der Waals surface area contributed by atoms with Crippen LogP contribution in [0.2, 0.25) is 0 Å². The van der Waals surface area contributed by atoms with E-state index >= 15 is 0 Å². The fourth-order valence-corrected chi connectivity index (χ4v) is 7.16. The number of hydrogen-bond donors (Lipinski definition) is 5. The van der Waals surface area contributed by atoms with Crippen LogP contribution < -0.4 is 27.4 Å². The van der Waals surface area contributed by atoms with Crippen molar-refractivity contribution < 1.29 is 19.2 Å². The zero-order valence-corrected chi connectivity index (χ0v) is 28.6. The minimum atomic E-state index is -0.738. The minimum Gasteiger partial charge on any atom is -0.343 e. The summed E-state index contributed by atoms with van der Waals surface area (Å²) >= 11 is 0. The lowest BCUT2D eigenvalue weighted by atomic mass is 9.85. The van der Waals surface area contributed by atoms with Gasteiger partial charge in [0.25, 0.3) is 0 Å². The lowest BCUT2D eigenvalue weighted by molar-refractivity contribution is -0.141. The van der Waals surface area contributed by atoms with Gasteiger partial charge in [-0.1, -0.05) is 80.6 Å². The molecule has 48 heavy (non-hydrogen) atoms. The zero-order valence-electron chi connectivity index (χ0n) is 28.6. The molecule has 2 aromatic rings. The molecule has 0 unspecified atom stereocenters. The van der Waals surface area contributed by atoms with Crippen molar-refractivity contribution in [3.05, 3.63) is 65.7 Å². The highest BCUT2D eigenvalue weighted by molar-refractivity contribution is 5.96. The molecule has 1 aliphatic heterocycles. The summed E-state index contributed by atoms with van der Waals surface area (Å²) in [6, 6.07) is 14.9. The topological polar surface area (TPSA) is 160 Å². The Hall–Kier alpha value is -3.60. The summed E-state index contributed by atoms with van der Waals surface area (Å²) in [6.45, 7) is 0.977. The molecule has 262 valence electrons. The highest BCUT2D eigenvalue weighted by atomic mass is 16.2. The number of para-hydroxylation sites is 1. The number of ketones is 1. The van der Waals surface area contributed by atoms with Gasteiger partial charge in [-0.2, -0.15) is 0 Å². The lowest BCUT2D eigenvalue weighted by Gasteiger charge is -2.30. The van der Waals surface area contributed by atoms with E-state index in [-0.39, 0.29) is 29.9 Å². The molecule has 7 N–H and O–H groups in total. The van der Waals surface area contributed by atoms with Crippen LogP contribution in [0, 0.1) is 5.92 Å². The van der Waals surface area contributed by atoms with Gasteiger partial charge in [0.2, 0.25) is 17.7 Å². The predicted octanol–water partition coefficient (Wildman–Crippen LogP) is 3.86. The minimum absolute atomic E-state index is 0.0137. The first kappa shape index (κ1) is 37.2. The summed E-state index contributed by atoms with van der Waals surface area (Å²) in [5.41, 5.74) is 14.6. The second-order valence-corrected chi connectivity index (χ2v) is 13.5. The molecule has 1 heterocycles. The van der Waals surface area contributed by atoms with Crippen molar-refractivity contribution in [3.8, 4) is 0 Å². The lowest BCUT2D eigenvalue weighted by Crippen LogP contribution is -2.55. The van der Waals surface area contributed by atoms with Gasteiger partial charge in [0.15, 0.2) is 5.78 Å². The smallest absolute Gasteiger partial charge is 0.245 e. The highest BCUT2D eigenvalue weighted by Crippen LogP contribution is 2.28. The Balaban J connectivity index is 1.36. The molecule has 2 fully saturated rings. The van der Waals surface area contributed by atoms with Crippen LogP contribution in [0.25, 0.3) is 0 Å². The van der Waals surface area contributed by atoms with Gasteiger partial charge >= 0.3 is 0 Å². The molecule has 1 aliphatic carbocycles. The van der Waals surface area contributed by atoms with Crippen molar-refractivity contribution in [2.45, 2.75) is 114 Å². The van der Waals surface area contributed by atoms with E-state index in [1.165, 1.54) is 19.3 Å². The molecule has 0 radical (unpaired) electrons. The largest absolute Gasteiger partial charge is 0.343 e. The van der Waals surface area contributed by atoms with Gasteiger partial charge in [-0.3, -0.25) is 19.2 Å². The van der Waals surface area contributed by atoms with E-state index in [9.17, 15) is 19.2 Å². The van der Waals surface area contributed by atoms with E-state index in [1.54, 1.807) is 11.9 Å². The summed E-state index contributed by atoms with van der Waals surface area (Å²) in [6.07, 6.45) is 11.0. The normalized spacial score (nSPS) is 18.6. The zero-order chi connectivity index (χ0) is 34.3. The van der Waals surface area contributed by atoms with Crippen LogP contribution in [0.3, 0.4) is 0 Å². The molecule has 2 aliphatic rings. The SMILES string of the molecule is CN[C@@H](Cc1ccccc1)C(=O)N[C@@H](CCCCN)C(=O)N1CCC[C@H]1C(=O)CCc1ccccc1NC(=O)[C@H](N)CC1CCCCC1. The van der Waals surface area contributed by atoms with Crippen LogP contribution in [0.1, 0.15) is 88.2 Å². The van der Waals surface area contributed by atoms with E-state index in [2.05, 4.69) is 16.0 Å². The maximum Gasteiger partial charge on any atom is 0.245 e. The first-order valence-electron chi connectivity index (χ1n) is 18.0. The first-order valence-corrected chi connectivity index (χ1v) is 18.0. The summed E-state index contributed by atoms with van der Waals surface area (Å²) in [4.78, 5) is 55.7. The summed E-state index contributed by atoms with van der Waals surface area (Å²) in [5, 5.41) is 9.11. The Morgan fingerprint density at radius 3 is 2.33 bits per heavy atom. The van der Waals surface area contributed by atoms with Gasteiger partial charge in [-0.05, 0) is 88.1 Å². The number of rotatable bonds is 18. The van der Waals surface area contributed by atoms with Gasteiger partial charge in [-0.25, -0.2) is 0 Å². The number of nitrogens with one attached hydrogen (secondary N) is 3. The summed E-state index contributed by atoms with van der Waals surface area (Å²) in [5.74, 6) is -0.173. The number of carbonyl (C=O) groups excluding carboxylic acids is 4. The van der Waals surface area contributed by atoms with Crippen molar-refractivity contribution in [1.82, 2.24) is 15.5 Å². The van der Waals surface area contributed by atoms with Crippen molar-refractivity contribution in [3.63, 3.8) is 0 Å². The van der Waals surface area contributed by atoms with Crippen LogP contribution in [-0.2, 0) is 32.0 Å². The third-order valence-electron chi connectivity index (χ3n) is 9.98. The van der Waals surface area contributed by atoms with Crippen LogP contribution in [0.4, 0.5) is 5.69 Å². The third-order valence-corrected chi connectivity index (χ3v) is 9.98. The molecule has 10 nitrogen and oxygen atoms in total. The molecule has 4 rings (SSSR count). The second kappa shape index (κ2) is 19.4. The van der Waals surface area contributed by atoms with Crippen LogP contribution >= 0.6 is 0 Å². The highest BCUT2D eigenvalue weighted by Gasteiger charge is 2.37. The number of anilines is 1. The first-order chi connectivity index (χ1) is 23.3. The summed E-state index contributed by atoms with van der Waals surface area (Å²) < 4.78 is 0. The number of Topliss-reactive ketones (excluding diaryl/α,β-unsaturated/α-hetero) is 1. The molecule has 3 amide bonds. The molecule has 1 saturated heterocycles. The molecule has 2 aromatic carbocycles. The molecule has 0 bridgehead atoms. The molecule has 0 aromatic heterocycles. The van der Waals surface area contributed by atoms with E-state index in [0.717, 1.165) is 36.8 Å². The van der Waals surface area contributed by atoms with Gasteiger partial charge < -0.3 is 32.3 Å². The van der Waals surface area contributed by atoms with Gasteiger partial charge in [0.1, 0.15) is 6.04 Å². The van der Waals surface area contributed by atoms with Crippen molar-refractivity contribution in [1.29, 1.82) is 0 Å². The van der Waals surface area contributed by atoms with E-state index < -0.39 is 24.2 Å². The van der Waals surface area contributed by atoms with Crippen LogP contribution in [0.5, 0.6) is 0 Å². The van der Waals surface area contributed by atoms with Crippen molar-refractivity contribution in [2.24, 2.45) is 17.4 Å². The fourth-order valence-electron chi connectivity index (χ4n) is 7.16. The van der Waals surface area contributed by atoms with E-state index in [0.29, 0.717) is 63.2 Å². The van der Waals surface area contributed by atoms with Crippen LogP contribution in [-0.4, -0.2) is 72.7 Å². The Bertz CT molecular complexity index is 1330. The molecule has 0 spiro atoms. The second-order valence-electron chi connectivity index (χ2n) is 13.5. The number of nitrogens with two attached hydrogens (primary N) is 2. The average molecular weight is 661 g/mol. The summed E-state index contributed by atoms with van der Waals surface area (Å²) in [7, 11) is 1.74. The van der Waals surface area contributed by atoms with Gasteiger partial charge in [-0.15, -0.1) is 0 Å². The Labute approximate surface area is 286 Å². The number of carbonyl (C=O) groups is 4. The molecule has 10 heteroatoms. The average Bonchev–Trinajstić information content (AvgIpc) is 3.60. The monoisotopic (exact) mass is 660 g/mol. The number of likely N-dealkylation sites (N-methyl/N-ethyl adjacent to an activating group) is 1. The van der Waals surface area contributed by atoms with Crippen molar-refractivity contribution in [2.75, 3.05) is 25.5 Å². The number of hydrogen-bond acceptors (Lipinski definition) is 7.